The highest BCUT2D eigenvalue weighted by atomic mass is 16.2. The van der Waals surface area contributed by atoms with E-state index in [2.05, 4.69) is 36.7 Å². The fraction of sp³-hybridized carbons (Fsp3) is 0.385. The molecule has 0 aromatic heterocycles. The van der Waals surface area contributed by atoms with Gasteiger partial charge in [-0.2, -0.15) is 0 Å². The van der Waals surface area contributed by atoms with Crippen molar-refractivity contribution in [2.75, 3.05) is 18.4 Å². The number of carbonyl (C=O) groups is 4. The predicted octanol–water partition coefficient (Wildman–Crippen LogP) is 3.12. The molecule has 3 rings (SSSR count). The summed E-state index contributed by atoms with van der Waals surface area (Å²) in [6, 6.07) is 12.4. The highest BCUT2D eigenvalue weighted by molar-refractivity contribution is 6.09. The summed E-state index contributed by atoms with van der Waals surface area (Å²) < 4.78 is 0. The van der Waals surface area contributed by atoms with Gasteiger partial charge in [0.25, 0.3) is 5.91 Å². The highest BCUT2D eigenvalue weighted by Crippen LogP contribution is 2.31. The lowest BCUT2D eigenvalue weighted by Gasteiger charge is -2.24. The number of anilines is 1. The number of hydrogen-bond donors (Lipinski definition) is 3. The number of aryl methyl sites for hydroxylation is 1. The van der Waals surface area contributed by atoms with Crippen LogP contribution >= 0.6 is 0 Å². The Labute approximate surface area is 200 Å². The Morgan fingerprint density at radius 3 is 2.26 bits per heavy atom. The number of urea groups is 1. The average molecular weight is 465 g/mol. The van der Waals surface area contributed by atoms with Crippen molar-refractivity contribution >= 4 is 29.4 Å². The van der Waals surface area contributed by atoms with Crippen molar-refractivity contribution in [1.82, 2.24) is 15.5 Å². The topological polar surface area (TPSA) is 108 Å². The fourth-order valence-corrected chi connectivity index (χ4v) is 3.80. The monoisotopic (exact) mass is 464 g/mol. The van der Waals surface area contributed by atoms with Crippen molar-refractivity contribution in [3.8, 4) is 0 Å². The Bertz CT molecular complexity index is 1130. The Kier molecular flexibility index (Phi) is 6.82. The fourth-order valence-electron chi connectivity index (χ4n) is 3.80. The van der Waals surface area contributed by atoms with Crippen LogP contribution in [-0.4, -0.2) is 41.7 Å². The van der Waals surface area contributed by atoms with Crippen LogP contribution in [0.5, 0.6) is 0 Å². The molecule has 0 saturated carbocycles. The van der Waals surface area contributed by atoms with E-state index in [9.17, 15) is 19.2 Å². The normalized spacial score (nSPS) is 18.0. The molecule has 1 aliphatic heterocycles. The van der Waals surface area contributed by atoms with Gasteiger partial charge in [0.05, 0.1) is 6.54 Å². The SMILES string of the molecule is Cc1cccc(NC(=O)CNC(=O)CN2C(=O)NC(C)(c3ccc(C(C)(C)C)cc3)C2=O)c1C. The van der Waals surface area contributed by atoms with E-state index in [0.29, 0.717) is 11.3 Å². The van der Waals surface area contributed by atoms with E-state index >= 15 is 0 Å². The van der Waals surface area contributed by atoms with Crippen LogP contribution in [0.15, 0.2) is 42.5 Å². The van der Waals surface area contributed by atoms with Crippen molar-refractivity contribution in [2.24, 2.45) is 0 Å². The zero-order valence-corrected chi connectivity index (χ0v) is 20.5. The lowest BCUT2D eigenvalue weighted by molar-refractivity contribution is -0.135. The van der Waals surface area contributed by atoms with Crippen LogP contribution in [-0.2, 0) is 25.3 Å². The molecule has 1 aliphatic rings. The minimum absolute atomic E-state index is 0.0448. The predicted molar refractivity (Wildman–Crippen MR) is 130 cm³/mol. The maximum Gasteiger partial charge on any atom is 0.325 e. The number of nitrogens with zero attached hydrogens (tertiary/aromatic N) is 1. The Hall–Kier alpha value is -3.68. The molecule has 1 saturated heterocycles. The lowest BCUT2D eigenvalue weighted by atomic mass is 9.84. The second-order valence-corrected chi connectivity index (χ2v) is 9.85. The standard InChI is InChI=1S/C26H32N4O4/c1-16-8-7-9-20(17(16)2)28-21(31)14-27-22(32)15-30-23(33)26(6,29-24(30)34)19-12-10-18(11-13-19)25(3,4)5/h7-13H,14-15H2,1-6H3,(H,27,32)(H,28,31)(H,29,34). The van der Waals surface area contributed by atoms with Gasteiger partial charge in [0, 0.05) is 5.69 Å². The molecule has 34 heavy (non-hydrogen) atoms. The van der Waals surface area contributed by atoms with Crippen LogP contribution in [0.2, 0.25) is 0 Å². The average Bonchev–Trinajstić information content (AvgIpc) is 2.99. The van der Waals surface area contributed by atoms with E-state index in [0.717, 1.165) is 21.6 Å². The largest absolute Gasteiger partial charge is 0.345 e. The van der Waals surface area contributed by atoms with Gasteiger partial charge in [-0.3, -0.25) is 19.3 Å². The van der Waals surface area contributed by atoms with Crippen LogP contribution in [0.1, 0.15) is 49.9 Å². The van der Waals surface area contributed by atoms with Crippen molar-refractivity contribution in [2.45, 2.75) is 52.5 Å². The quantitative estimate of drug-likeness (QED) is 0.571. The molecule has 8 heteroatoms. The first kappa shape index (κ1) is 25.0. The first-order valence-corrected chi connectivity index (χ1v) is 11.2. The summed E-state index contributed by atoms with van der Waals surface area (Å²) in [5, 5.41) is 7.92. The van der Waals surface area contributed by atoms with Crippen LogP contribution in [0, 0.1) is 13.8 Å². The molecule has 180 valence electrons. The second kappa shape index (κ2) is 9.29. The summed E-state index contributed by atoms with van der Waals surface area (Å²) >= 11 is 0. The van der Waals surface area contributed by atoms with Gasteiger partial charge in [-0.1, -0.05) is 57.2 Å². The van der Waals surface area contributed by atoms with E-state index in [4.69, 9.17) is 0 Å². The highest BCUT2D eigenvalue weighted by Gasteiger charge is 2.49. The molecule has 0 aliphatic carbocycles. The number of carbonyl (C=O) groups excluding carboxylic acids is 4. The van der Waals surface area contributed by atoms with Gasteiger partial charge in [-0.15, -0.1) is 0 Å². The molecule has 0 spiro atoms. The Balaban J connectivity index is 1.60. The summed E-state index contributed by atoms with van der Waals surface area (Å²) in [6.07, 6.45) is 0. The summed E-state index contributed by atoms with van der Waals surface area (Å²) in [5.41, 5.74) is 3.07. The van der Waals surface area contributed by atoms with Crippen LogP contribution in [0.3, 0.4) is 0 Å². The van der Waals surface area contributed by atoms with Crippen molar-refractivity contribution in [3.05, 3.63) is 64.7 Å². The number of amides is 5. The molecule has 1 unspecified atom stereocenters. The summed E-state index contributed by atoms with van der Waals surface area (Å²) in [5.74, 6) is -1.52. The molecular weight excluding hydrogens is 432 g/mol. The molecule has 5 amide bonds. The van der Waals surface area contributed by atoms with E-state index in [1.54, 1.807) is 13.0 Å². The summed E-state index contributed by atoms with van der Waals surface area (Å²) in [6.45, 7) is 11.0. The molecule has 3 N–H and O–H groups in total. The first-order valence-electron chi connectivity index (χ1n) is 11.2. The number of hydrogen-bond acceptors (Lipinski definition) is 4. The van der Waals surface area contributed by atoms with Crippen LogP contribution in [0.25, 0.3) is 0 Å². The molecule has 1 atom stereocenters. The zero-order valence-electron chi connectivity index (χ0n) is 20.5. The van der Waals surface area contributed by atoms with Gasteiger partial charge in [0.1, 0.15) is 12.1 Å². The van der Waals surface area contributed by atoms with E-state index < -0.39 is 35.8 Å². The van der Waals surface area contributed by atoms with Gasteiger partial charge < -0.3 is 16.0 Å². The number of nitrogens with one attached hydrogen (secondary N) is 3. The second-order valence-electron chi connectivity index (χ2n) is 9.85. The summed E-state index contributed by atoms with van der Waals surface area (Å²) in [7, 11) is 0. The van der Waals surface area contributed by atoms with Crippen LogP contribution < -0.4 is 16.0 Å². The third kappa shape index (κ3) is 5.11. The molecule has 0 bridgehead atoms. The molecule has 8 nitrogen and oxygen atoms in total. The maximum atomic E-state index is 13.1. The smallest absolute Gasteiger partial charge is 0.325 e. The Morgan fingerprint density at radius 2 is 1.65 bits per heavy atom. The molecule has 2 aromatic carbocycles. The molecule has 0 radical (unpaired) electrons. The molecule has 2 aromatic rings. The third-order valence-electron chi connectivity index (χ3n) is 6.23. The minimum Gasteiger partial charge on any atom is -0.345 e. The third-order valence-corrected chi connectivity index (χ3v) is 6.23. The van der Waals surface area contributed by atoms with E-state index in [1.165, 1.54) is 0 Å². The molecular formula is C26H32N4O4. The van der Waals surface area contributed by atoms with Gasteiger partial charge in [-0.25, -0.2) is 4.79 Å². The van der Waals surface area contributed by atoms with Gasteiger partial charge in [0.15, 0.2) is 0 Å². The van der Waals surface area contributed by atoms with Crippen molar-refractivity contribution < 1.29 is 19.2 Å². The van der Waals surface area contributed by atoms with Crippen molar-refractivity contribution in [3.63, 3.8) is 0 Å². The number of rotatable bonds is 6. The van der Waals surface area contributed by atoms with Crippen LogP contribution in [0.4, 0.5) is 10.5 Å². The lowest BCUT2D eigenvalue weighted by Crippen LogP contribution is -2.44. The van der Waals surface area contributed by atoms with E-state index in [1.807, 2.05) is 50.2 Å². The van der Waals surface area contributed by atoms with Gasteiger partial charge in [0.2, 0.25) is 11.8 Å². The van der Waals surface area contributed by atoms with E-state index in [-0.39, 0.29) is 12.0 Å². The zero-order chi connectivity index (χ0) is 25.3. The molecule has 1 fully saturated rings. The maximum absolute atomic E-state index is 13.1. The number of imide groups is 1. The number of benzene rings is 2. The summed E-state index contributed by atoms with van der Waals surface area (Å²) in [4.78, 5) is 51.1. The first-order chi connectivity index (χ1) is 15.8. The Morgan fingerprint density at radius 1 is 1.00 bits per heavy atom. The van der Waals surface area contributed by atoms with Crippen molar-refractivity contribution in [1.29, 1.82) is 0 Å². The molecule has 1 heterocycles. The van der Waals surface area contributed by atoms with Gasteiger partial charge in [-0.05, 0) is 54.5 Å². The van der Waals surface area contributed by atoms with Gasteiger partial charge >= 0.3 is 6.03 Å². The minimum atomic E-state index is -1.27.